The minimum atomic E-state index is -0.386. The van der Waals surface area contributed by atoms with Crippen molar-refractivity contribution >= 4 is 12.2 Å². The Balaban J connectivity index is 1.83. The van der Waals surface area contributed by atoms with Crippen molar-refractivity contribution in [3.05, 3.63) is 60.4 Å². The second-order valence-corrected chi connectivity index (χ2v) is 4.36. The van der Waals surface area contributed by atoms with Crippen molar-refractivity contribution < 1.29 is 13.9 Å². The molecule has 110 valence electrons. The van der Waals surface area contributed by atoms with Crippen LogP contribution in [0.5, 0.6) is 0 Å². The molecule has 2 aromatic heterocycles. The van der Waals surface area contributed by atoms with Gasteiger partial charge in [0.2, 0.25) is 0 Å². The maximum atomic E-state index is 11.5. The van der Waals surface area contributed by atoms with Crippen LogP contribution in [0, 0.1) is 0 Å². The van der Waals surface area contributed by atoms with Gasteiger partial charge in [-0.1, -0.05) is 12.1 Å². The van der Waals surface area contributed by atoms with Crippen LogP contribution in [0.25, 0.3) is 11.3 Å². The molecule has 0 aliphatic rings. The molecule has 22 heavy (non-hydrogen) atoms. The first-order chi connectivity index (χ1) is 10.8. The fourth-order valence-electron chi connectivity index (χ4n) is 1.87. The van der Waals surface area contributed by atoms with E-state index in [0.29, 0.717) is 17.1 Å². The summed E-state index contributed by atoms with van der Waals surface area (Å²) < 4.78 is 11.8. The van der Waals surface area contributed by atoms with Crippen molar-refractivity contribution in [2.45, 2.75) is 0 Å². The lowest BCUT2D eigenvalue weighted by Crippen LogP contribution is -2.00. The summed E-state index contributed by atoms with van der Waals surface area (Å²) in [5.74, 6) is 0.825. The van der Waals surface area contributed by atoms with E-state index in [9.17, 15) is 4.79 Å². The molecule has 0 saturated carbocycles. The molecule has 1 aromatic carbocycles. The van der Waals surface area contributed by atoms with Crippen LogP contribution in [0.4, 0.5) is 0 Å². The van der Waals surface area contributed by atoms with Gasteiger partial charge in [0.25, 0.3) is 0 Å². The Morgan fingerprint density at radius 2 is 2.09 bits per heavy atom. The van der Waals surface area contributed by atoms with E-state index in [0.717, 1.165) is 5.56 Å². The van der Waals surface area contributed by atoms with Crippen LogP contribution >= 0.6 is 0 Å². The van der Waals surface area contributed by atoms with Gasteiger partial charge in [-0.3, -0.25) is 0 Å². The molecule has 0 bridgehead atoms. The van der Waals surface area contributed by atoms with E-state index in [4.69, 9.17) is 9.15 Å². The summed E-state index contributed by atoms with van der Waals surface area (Å²) in [6, 6.07) is 10.6. The van der Waals surface area contributed by atoms with Gasteiger partial charge in [-0.2, -0.15) is 5.10 Å². The van der Waals surface area contributed by atoms with E-state index in [-0.39, 0.29) is 5.97 Å². The Morgan fingerprint density at radius 1 is 1.27 bits per heavy atom. The van der Waals surface area contributed by atoms with Gasteiger partial charge in [0.05, 0.1) is 18.9 Å². The lowest BCUT2D eigenvalue weighted by molar-refractivity contribution is 0.0601. The number of hydrogen-bond donors (Lipinski definition) is 0. The smallest absolute Gasteiger partial charge is 0.337 e. The molecule has 0 N–H and O–H groups in total. The van der Waals surface area contributed by atoms with Gasteiger partial charge < -0.3 is 9.15 Å². The number of aromatic nitrogens is 3. The molecule has 7 heteroatoms. The SMILES string of the molecule is COC(=O)c1cccc(-c2ccc(/C=N\n3cnnc3)o2)c1. The lowest BCUT2D eigenvalue weighted by atomic mass is 10.1. The Kier molecular flexibility index (Phi) is 3.78. The monoisotopic (exact) mass is 296 g/mol. The van der Waals surface area contributed by atoms with E-state index in [1.807, 2.05) is 12.1 Å². The molecular formula is C15H12N4O3. The summed E-state index contributed by atoms with van der Waals surface area (Å²) >= 11 is 0. The van der Waals surface area contributed by atoms with E-state index in [1.54, 1.807) is 30.5 Å². The zero-order valence-electron chi connectivity index (χ0n) is 11.7. The topological polar surface area (TPSA) is 82.5 Å². The maximum absolute atomic E-state index is 11.5. The molecule has 0 amide bonds. The van der Waals surface area contributed by atoms with E-state index < -0.39 is 0 Å². The molecule has 0 unspecified atom stereocenters. The number of nitrogens with zero attached hydrogens (tertiary/aromatic N) is 4. The van der Waals surface area contributed by atoms with Gasteiger partial charge in [-0.15, -0.1) is 10.2 Å². The highest BCUT2D eigenvalue weighted by Crippen LogP contribution is 2.22. The Labute approximate surface area is 125 Å². The zero-order chi connectivity index (χ0) is 15.4. The molecule has 7 nitrogen and oxygen atoms in total. The zero-order valence-corrected chi connectivity index (χ0v) is 11.7. The highest BCUT2D eigenvalue weighted by molar-refractivity contribution is 5.90. The minimum Gasteiger partial charge on any atom is -0.465 e. The second kappa shape index (κ2) is 6.04. The highest BCUT2D eigenvalue weighted by Gasteiger charge is 2.09. The van der Waals surface area contributed by atoms with Crippen LogP contribution in [0.2, 0.25) is 0 Å². The molecule has 2 heterocycles. The average molecular weight is 296 g/mol. The third-order valence-electron chi connectivity index (χ3n) is 2.92. The standard InChI is InChI=1S/C15H12N4O3/c1-21-15(20)12-4-2-3-11(7-12)14-6-5-13(22-14)8-18-19-9-16-17-10-19/h2-10H,1H3/b18-8-. The molecule has 3 aromatic rings. The van der Waals surface area contributed by atoms with Crippen LogP contribution in [0.15, 0.2) is 58.6 Å². The predicted octanol–water partition coefficient (Wildman–Crippen LogP) is 2.21. The van der Waals surface area contributed by atoms with Crippen molar-refractivity contribution in [3.63, 3.8) is 0 Å². The normalized spacial score (nSPS) is 11.0. The van der Waals surface area contributed by atoms with E-state index >= 15 is 0 Å². The number of hydrogen-bond acceptors (Lipinski definition) is 6. The number of methoxy groups -OCH3 is 1. The van der Waals surface area contributed by atoms with Crippen molar-refractivity contribution in [2.24, 2.45) is 5.10 Å². The Hall–Kier alpha value is -3.22. The first-order valence-corrected chi connectivity index (χ1v) is 6.44. The summed E-state index contributed by atoms with van der Waals surface area (Å²) in [6.45, 7) is 0. The van der Waals surface area contributed by atoms with Gasteiger partial charge in [-0.05, 0) is 24.3 Å². The third kappa shape index (κ3) is 2.93. The molecule has 0 saturated heterocycles. The minimum absolute atomic E-state index is 0.386. The molecule has 0 fully saturated rings. The van der Waals surface area contributed by atoms with Crippen LogP contribution in [-0.2, 0) is 4.74 Å². The molecular weight excluding hydrogens is 284 g/mol. The van der Waals surface area contributed by atoms with Gasteiger partial charge in [0.15, 0.2) is 0 Å². The van der Waals surface area contributed by atoms with Crippen LogP contribution in [0.3, 0.4) is 0 Å². The van der Waals surface area contributed by atoms with Crippen LogP contribution in [-0.4, -0.2) is 34.2 Å². The number of esters is 1. The fourth-order valence-corrected chi connectivity index (χ4v) is 1.87. The van der Waals surface area contributed by atoms with Crippen molar-refractivity contribution in [1.29, 1.82) is 0 Å². The fraction of sp³-hybridized carbons (Fsp3) is 0.0667. The highest BCUT2D eigenvalue weighted by atomic mass is 16.5. The summed E-state index contributed by atoms with van der Waals surface area (Å²) in [5, 5.41) is 11.4. The molecule has 0 radical (unpaired) electrons. The predicted molar refractivity (Wildman–Crippen MR) is 78.5 cm³/mol. The van der Waals surface area contributed by atoms with Gasteiger partial charge in [0, 0.05) is 5.56 Å². The first-order valence-electron chi connectivity index (χ1n) is 6.44. The number of rotatable bonds is 4. The van der Waals surface area contributed by atoms with Gasteiger partial charge in [-0.25, -0.2) is 9.47 Å². The Bertz CT molecular complexity index is 806. The van der Waals surface area contributed by atoms with E-state index in [1.165, 1.54) is 24.4 Å². The second-order valence-electron chi connectivity index (χ2n) is 4.36. The first kappa shape index (κ1) is 13.7. The van der Waals surface area contributed by atoms with Crippen molar-refractivity contribution in [1.82, 2.24) is 14.9 Å². The van der Waals surface area contributed by atoms with Crippen LogP contribution < -0.4 is 0 Å². The van der Waals surface area contributed by atoms with Crippen molar-refractivity contribution in [2.75, 3.05) is 7.11 Å². The quantitative estimate of drug-likeness (QED) is 0.544. The molecule has 0 spiro atoms. The van der Waals surface area contributed by atoms with E-state index in [2.05, 4.69) is 15.3 Å². The summed E-state index contributed by atoms with van der Waals surface area (Å²) in [7, 11) is 1.35. The third-order valence-corrected chi connectivity index (χ3v) is 2.92. The van der Waals surface area contributed by atoms with Gasteiger partial charge >= 0.3 is 5.97 Å². The average Bonchev–Trinajstić information content (AvgIpc) is 3.23. The van der Waals surface area contributed by atoms with Gasteiger partial charge in [0.1, 0.15) is 24.2 Å². The summed E-state index contributed by atoms with van der Waals surface area (Å²) in [4.78, 5) is 11.5. The largest absolute Gasteiger partial charge is 0.465 e. The summed E-state index contributed by atoms with van der Waals surface area (Å²) in [5.41, 5.74) is 1.25. The number of carbonyl (C=O) groups is 1. The number of benzene rings is 1. The molecule has 3 rings (SSSR count). The summed E-state index contributed by atoms with van der Waals surface area (Å²) in [6.07, 6.45) is 4.50. The number of furan rings is 1. The molecule has 0 aliphatic carbocycles. The maximum Gasteiger partial charge on any atom is 0.337 e. The lowest BCUT2D eigenvalue weighted by Gasteiger charge is -2.01. The van der Waals surface area contributed by atoms with Crippen molar-refractivity contribution in [3.8, 4) is 11.3 Å². The molecule has 0 atom stereocenters. The Morgan fingerprint density at radius 3 is 2.86 bits per heavy atom. The van der Waals surface area contributed by atoms with Crippen LogP contribution in [0.1, 0.15) is 16.1 Å². The number of ether oxygens (including phenoxy) is 1. The number of carbonyl (C=O) groups excluding carboxylic acids is 1. The molecule has 0 aliphatic heterocycles.